The number of carbonyl (C=O) groups is 1. The molecule has 27 heavy (non-hydrogen) atoms. The van der Waals surface area contributed by atoms with Gasteiger partial charge in [-0.3, -0.25) is 4.79 Å². The number of ether oxygens (including phenoxy) is 1. The number of hydrogen-bond acceptors (Lipinski definition) is 3. The van der Waals surface area contributed by atoms with Crippen LogP contribution in [0.4, 0.5) is 17.6 Å². The summed E-state index contributed by atoms with van der Waals surface area (Å²) < 4.78 is 63.6. The molecule has 1 aromatic carbocycles. The fourth-order valence-electron chi connectivity index (χ4n) is 3.17. The van der Waals surface area contributed by atoms with Crippen LogP contribution in [0.5, 0.6) is 5.75 Å². The molecule has 0 saturated heterocycles. The van der Waals surface area contributed by atoms with Crippen LogP contribution in [0.1, 0.15) is 48.9 Å². The number of rotatable bonds is 5. The van der Waals surface area contributed by atoms with Crippen molar-refractivity contribution in [2.24, 2.45) is 5.92 Å². The molecule has 0 radical (unpaired) electrons. The minimum atomic E-state index is -1.63. The Morgan fingerprint density at radius 1 is 1.15 bits per heavy atom. The molecule has 1 saturated carbocycles. The molecule has 146 valence electrons. The molecule has 1 aliphatic rings. The third kappa shape index (κ3) is 4.26. The molecule has 0 spiro atoms. The first-order valence-corrected chi connectivity index (χ1v) is 8.72. The molecule has 1 N–H and O–H groups in total. The molecule has 1 heterocycles. The van der Waals surface area contributed by atoms with Gasteiger partial charge in [-0.1, -0.05) is 19.8 Å². The number of benzene rings is 1. The van der Waals surface area contributed by atoms with E-state index in [1.807, 2.05) is 0 Å². The Labute approximate surface area is 153 Å². The second-order valence-corrected chi connectivity index (χ2v) is 6.69. The van der Waals surface area contributed by atoms with Crippen LogP contribution in [0.2, 0.25) is 0 Å². The molecule has 3 rings (SSSR count). The van der Waals surface area contributed by atoms with Crippen molar-refractivity contribution in [3.8, 4) is 5.75 Å². The first kappa shape index (κ1) is 19.3. The van der Waals surface area contributed by atoms with E-state index in [1.165, 1.54) is 12.1 Å². The van der Waals surface area contributed by atoms with Gasteiger partial charge in [0.05, 0.1) is 0 Å². The normalized spacial score (nSPS) is 19.7. The second kappa shape index (κ2) is 8.02. The Morgan fingerprint density at radius 2 is 1.81 bits per heavy atom. The lowest BCUT2D eigenvalue weighted by Crippen LogP contribution is -2.40. The molecule has 1 aliphatic carbocycles. The number of furan rings is 1. The van der Waals surface area contributed by atoms with Crippen LogP contribution in [-0.4, -0.2) is 11.9 Å². The fourth-order valence-corrected chi connectivity index (χ4v) is 3.17. The van der Waals surface area contributed by atoms with Gasteiger partial charge in [-0.2, -0.15) is 8.78 Å². The highest BCUT2D eigenvalue weighted by molar-refractivity contribution is 5.91. The van der Waals surface area contributed by atoms with Crippen molar-refractivity contribution >= 4 is 5.91 Å². The molecule has 0 unspecified atom stereocenters. The summed E-state index contributed by atoms with van der Waals surface area (Å²) in [6.45, 7) is 1.58. The van der Waals surface area contributed by atoms with Crippen LogP contribution in [0, 0.1) is 29.2 Å². The van der Waals surface area contributed by atoms with Gasteiger partial charge in [-0.15, -0.1) is 0 Å². The molecular weight excluding hydrogens is 366 g/mol. The van der Waals surface area contributed by atoms with E-state index in [4.69, 9.17) is 9.15 Å². The molecule has 1 fully saturated rings. The van der Waals surface area contributed by atoms with Gasteiger partial charge < -0.3 is 14.5 Å². The zero-order valence-electron chi connectivity index (χ0n) is 14.7. The van der Waals surface area contributed by atoms with Gasteiger partial charge in [-0.05, 0) is 30.9 Å². The van der Waals surface area contributed by atoms with Crippen LogP contribution < -0.4 is 10.1 Å². The Balaban J connectivity index is 1.64. The van der Waals surface area contributed by atoms with Crippen molar-refractivity contribution in [1.29, 1.82) is 0 Å². The largest absolute Gasteiger partial charge is 0.479 e. The van der Waals surface area contributed by atoms with Crippen LogP contribution in [0.3, 0.4) is 0 Å². The molecular formula is C19H19F4NO3. The first-order valence-electron chi connectivity index (χ1n) is 8.72. The number of hydrogen-bond donors (Lipinski definition) is 1. The molecule has 8 heteroatoms. The highest BCUT2D eigenvalue weighted by atomic mass is 19.2. The maximum atomic E-state index is 13.6. The molecule has 2 atom stereocenters. The van der Waals surface area contributed by atoms with E-state index in [1.54, 1.807) is 0 Å². The van der Waals surface area contributed by atoms with Crippen LogP contribution in [0.15, 0.2) is 22.6 Å². The predicted octanol–water partition coefficient (Wildman–Crippen LogP) is 4.72. The first-order chi connectivity index (χ1) is 12.9. The van der Waals surface area contributed by atoms with Crippen molar-refractivity contribution in [3.63, 3.8) is 0 Å². The zero-order valence-corrected chi connectivity index (χ0v) is 14.7. The average Bonchev–Trinajstić information content (AvgIpc) is 3.11. The lowest BCUT2D eigenvalue weighted by atomic mass is 9.86. The van der Waals surface area contributed by atoms with Crippen LogP contribution >= 0.6 is 0 Å². The van der Waals surface area contributed by atoms with E-state index < -0.39 is 41.5 Å². The third-order valence-electron chi connectivity index (χ3n) is 4.74. The smallest absolute Gasteiger partial charge is 0.287 e. The Hall–Kier alpha value is -2.51. The summed E-state index contributed by atoms with van der Waals surface area (Å²) in [5.41, 5.74) is 0. The van der Waals surface area contributed by atoms with E-state index >= 15 is 0 Å². The van der Waals surface area contributed by atoms with Gasteiger partial charge in [-0.25, -0.2) is 8.78 Å². The van der Waals surface area contributed by atoms with Crippen molar-refractivity contribution in [2.45, 2.75) is 45.3 Å². The summed E-state index contributed by atoms with van der Waals surface area (Å²) in [6.07, 6.45) is 4.13. The van der Waals surface area contributed by atoms with Crippen molar-refractivity contribution in [2.75, 3.05) is 0 Å². The summed E-state index contributed by atoms with van der Waals surface area (Å²) >= 11 is 0. The average molecular weight is 385 g/mol. The SMILES string of the molecule is C[C@@H]1CCCC[C@@H]1NC(=O)c1ccc(COc2c(F)c(F)cc(F)c2F)o1. The van der Waals surface area contributed by atoms with Crippen LogP contribution in [-0.2, 0) is 6.61 Å². The number of nitrogens with one attached hydrogen (secondary N) is 1. The van der Waals surface area contributed by atoms with E-state index in [0.717, 1.165) is 25.7 Å². The number of amides is 1. The quantitative estimate of drug-likeness (QED) is 0.598. The van der Waals surface area contributed by atoms with Gasteiger partial charge in [0.15, 0.2) is 23.1 Å². The standard InChI is InChI=1S/C19H19F4NO3/c1-10-4-2-3-5-14(10)24-19(25)15-7-6-11(27-15)9-26-18-16(22)12(20)8-13(21)17(18)23/h6-8,10,14H,2-5,9H2,1H3,(H,24,25)/t10-,14+/m1/s1. The summed E-state index contributed by atoms with van der Waals surface area (Å²) in [6, 6.07) is 2.96. The van der Waals surface area contributed by atoms with Crippen molar-refractivity contribution in [3.05, 3.63) is 53.0 Å². The van der Waals surface area contributed by atoms with Crippen LogP contribution in [0.25, 0.3) is 0 Å². The number of carbonyl (C=O) groups excluding carboxylic acids is 1. The van der Waals surface area contributed by atoms with E-state index in [9.17, 15) is 22.4 Å². The Morgan fingerprint density at radius 3 is 2.48 bits per heavy atom. The zero-order chi connectivity index (χ0) is 19.6. The lowest BCUT2D eigenvalue weighted by molar-refractivity contribution is 0.0877. The predicted molar refractivity (Wildman–Crippen MR) is 88.2 cm³/mol. The second-order valence-electron chi connectivity index (χ2n) is 6.69. The molecule has 2 aromatic rings. The van der Waals surface area contributed by atoms with Gasteiger partial charge in [0.2, 0.25) is 11.6 Å². The molecule has 4 nitrogen and oxygen atoms in total. The molecule has 1 aromatic heterocycles. The molecule has 0 bridgehead atoms. The van der Waals surface area contributed by atoms with E-state index in [0.29, 0.717) is 5.92 Å². The van der Waals surface area contributed by atoms with Gasteiger partial charge in [0.1, 0.15) is 12.4 Å². The third-order valence-corrected chi connectivity index (χ3v) is 4.74. The Kier molecular flexibility index (Phi) is 5.72. The van der Waals surface area contributed by atoms with Gasteiger partial charge in [0.25, 0.3) is 5.91 Å². The maximum Gasteiger partial charge on any atom is 0.287 e. The topological polar surface area (TPSA) is 51.5 Å². The van der Waals surface area contributed by atoms with E-state index in [-0.39, 0.29) is 23.6 Å². The molecule has 1 amide bonds. The van der Waals surface area contributed by atoms with E-state index in [2.05, 4.69) is 12.2 Å². The molecule has 0 aliphatic heterocycles. The maximum absolute atomic E-state index is 13.6. The van der Waals surface area contributed by atoms with Crippen molar-refractivity contribution < 1.29 is 31.5 Å². The van der Waals surface area contributed by atoms with Gasteiger partial charge in [0, 0.05) is 12.1 Å². The summed E-state index contributed by atoms with van der Waals surface area (Å²) in [5.74, 6) is -7.49. The monoisotopic (exact) mass is 385 g/mol. The van der Waals surface area contributed by atoms with Crippen molar-refractivity contribution in [1.82, 2.24) is 5.32 Å². The summed E-state index contributed by atoms with van der Waals surface area (Å²) in [4.78, 5) is 12.3. The highest BCUT2D eigenvalue weighted by Crippen LogP contribution is 2.28. The minimum absolute atomic E-state index is 0.0257. The summed E-state index contributed by atoms with van der Waals surface area (Å²) in [5, 5.41) is 2.91. The van der Waals surface area contributed by atoms with Gasteiger partial charge >= 0.3 is 0 Å². The number of halogens is 4. The lowest BCUT2D eigenvalue weighted by Gasteiger charge is -2.29. The minimum Gasteiger partial charge on any atom is -0.479 e. The highest BCUT2D eigenvalue weighted by Gasteiger charge is 2.25. The summed E-state index contributed by atoms with van der Waals surface area (Å²) in [7, 11) is 0. The Bertz CT molecular complexity index is 810. The fraction of sp³-hybridized carbons (Fsp3) is 0.421.